The van der Waals surface area contributed by atoms with Crippen LogP contribution in [0.15, 0.2) is 30.3 Å². The molecule has 0 aliphatic heterocycles. The van der Waals surface area contributed by atoms with E-state index in [1.807, 2.05) is 23.5 Å². The molecule has 2 N–H and O–H groups in total. The molecule has 0 unspecified atom stereocenters. The Kier molecular flexibility index (Phi) is 5.03. The van der Waals surface area contributed by atoms with E-state index in [2.05, 4.69) is 15.5 Å². The first kappa shape index (κ1) is 16.1. The number of urea groups is 1. The standard InChI is InChI=1S/C14H15N5O4/c1-9-12(13(21)23-8-11(20)16-14(22)15-2)18-19(17-9)10-6-4-3-5-7-10/h3-7H,8H2,1-2H3,(H2,15,16,20,22). The second-order valence-electron chi connectivity index (χ2n) is 4.46. The minimum absolute atomic E-state index is 0.00148. The largest absolute Gasteiger partial charge is 0.451 e. The van der Waals surface area contributed by atoms with Gasteiger partial charge in [0, 0.05) is 7.05 Å². The van der Waals surface area contributed by atoms with Gasteiger partial charge in [0.15, 0.2) is 12.3 Å². The summed E-state index contributed by atoms with van der Waals surface area (Å²) in [5.41, 5.74) is 1.05. The zero-order valence-electron chi connectivity index (χ0n) is 12.6. The molecule has 23 heavy (non-hydrogen) atoms. The van der Waals surface area contributed by atoms with Crippen LogP contribution in [0.4, 0.5) is 4.79 Å². The minimum Gasteiger partial charge on any atom is -0.451 e. The Morgan fingerprint density at radius 3 is 2.52 bits per heavy atom. The van der Waals surface area contributed by atoms with Crippen molar-refractivity contribution in [3.8, 4) is 5.69 Å². The number of hydrogen-bond donors (Lipinski definition) is 2. The van der Waals surface area contributed by atoms with E-state index < -0.39 is 24.5 Å². The molecule has 2 aromatic rings. The molecule has 2 rings (SSSR count). The van der Waals surface area contributed by atoms with E-state index in [9.17, 15) is 14.4 Å². The maximum absolute atomic E-state index is 12.0. The summed E-state index contributed by atoms with van der Waals surface area (Å²) in [6.07, 6.45) is 0. The summed E-state index contributed by atoms with van der Waals surface area (Å²) in [6.45, 7) is 1.01. The van der Waals surface area contributed by atoms with Gasteiger partial charge < -0.3 is 10.1 Å². The lowest BCUT2D eigenvalue weighted by molar-refractivity contribution is -0.123. The third-order valence-corrected chi connectivity index (χ3v) is 2.78. The Balaban J connectivity index is 2.02. The van der Waals surface area contributed by atoms with Crippen LogP contribution in [0, 0.1) is 6.92 Å². The second kappa shape index (κ2) is 7.16. The summed E-state index contributed by atoms with van der Waals surface area (Å²) < 4.78 is 4.82. The fourth-order valence-electron chi connectivity index (χ4n) is 1.67. The SMILES string of the molecule is CNC(=O)NC(=O)COC(=O)c1nn(-c2ccccc2)nc1C. The zero-order valence-corrected chi connectivity index (χ0v) is 12.6. The van der Waals surface area contributed by atoms with Crippen LogP contribution in [0.2, 0.25) is 0 Å². The van der Waals surface area contributed by atoms with Crippen molar-refractivity contribution in [3.05, 3.63) is 41.7 Å². The first-order valence-electron chi connectivity index (χ1n) is 6.69. The molecular formula is C14H15N5O4. The van der Waals surface area contributed by atoms with Crippen LogP contribution in [0.3, 0.4) is 0 Å². The van der Waals surface area contributed by atoms with Gasteiger partial charge in [0.2, 0.25) is 0 Å². The summed E-state index contributed by atoms with van der Waals surface area (Å²) in [4.78, 5) is 35.6. The number of ether oxygens (including phenoxy) is 1. The van der Waals surface area contributed by atoms with Crippen molar-refractivity contribution in [2.24, 2.45) is 0 Å². The molecule has 1 aromatic carbocycles. The topological polar surface area (TPSA) is 115 Å². The molecule has 0 saturated heterocycles. The van der Waals surface area contributed by atoms with E-state index in [0.29, 0.717) is 11.4 Å². The Bertz CT molecular complexity index is 726. The normalized spacial score (nSPS) is 10.0. The molecule has 9 nitrogen and oxygen atoms in total. The monoisotopic (exact) mass is 317 g/mol. The lowest BCUT2D eigenvalue weighted by Gasteiger charge is -2.04. The first-order chi connectivity index (χ1) is 11.0. The summed E-state index contributed by atoms with van der Waals surface area (Å²) in [5.74, 6) is -1.54. The quantitative estimate of drug-likeness (QED) is 0.778. The Morgan fingerprint density at radius 1 is 1.17 bits per heavy atom. The average Bonchev–Trinajstić information content (AvgIpc) is 2.95. The van der Waals surface area contributed by atoms with Gasteiger partial charge in [-0.3, -0.25) is 10.1 Å². The molecule has 3 amide bonds. The van der Waals surface area contributed by atoms with Gasteiger partial charge >= 0.3 is 12.0 Å². The number of nitrogens with one attached hydrogen (secondary N) is 2. The van der Waals surface area contributed by atoms with E-state index >= 15 is 0 Å². The van der Waals surface area contributed by atoms with Gasteiger partial charge in [0.1, 0.15) is 0 Å². The number of esters is 1. The van der Waals surface area contributed by atoms with Gasteiger partial charge in [0.25, 0.3) is 5.91 Å². The first-order valence-corrected chi connectivity index (χ1v) is 6.69. The number of nitrogens with zero attached hydrogens (tertiary/aromatic N) is 3. The minimum atomic E-state index is -0.795. The summed E-state index contributed by atoms with van der Waals surface area (Å²) >= 11 is 0. The predicted molar refractivity (Wildman–Crippen MR) is 79.0 cm³/mol. The lowest BCUT2D eigenvalue weighted by atomic mass is 10.3. The third kappa shape index (κ3) is 4.13. The Hall–Kier alpha value is -3.23. The maximum atomic E-state index is 12.0. The van der Waals surface area contributed by atoms with Crippen molar-refractivity contribution < 1.29 is 19.1 Å². The summed E-state index contributed by atoms with van der Waals surface area (Å²) in [6, 6.07) is 8.36. The number of benzene rings is 1. The fraction of sp³-hybridized carbons (Fsp3) is 0.214. The third-order valence-electron chi connectivity index (χ3n) is 2.78. The molecule has 0 radical (unpaired) electrons. The summed E-state index contributed by atoms with van der Waals surface area (Å²) in [5, 5.41) is 12.4. The Morgan fingerprint density at radius 2 is 1.87 bits per heavy atom. The van der Waals surface area contributed by atoms with Gasteiger partial charge in [-0.1, -0.05) is 18.2 Å². The number of hydrogen-bond acceptors (Lipinski definition) is 6. The number of para-hydroxylation sites is 1. The second-order valence-corrected chi connectivity index (χ2v) is 4.46. The molecule has 9 heteroatoms. The number of amides is 3. The number of carbonyl (C=O) groups excluding carboxylic acids is 3. The van der Waals surface area contributed by atoms with Crippen LogP contribution in [0.1, 0.15) is 16.2 Å². The highest BCUT2D eigenvalue weighted by atomic mass is 16.5. The van der Waals surface area contributed by atoms with E-state index in [0.717, 1.165) is 0 Å². The Labute approximate surface area is 131 Å². The summed E-state index contributed by atoms with van der Waals surface area (Å²) in [7, 11) is 1.36. The van der Waals surface area contributed by atoms with Gasteiger partial charge in [-0.15, -0.1) is 5.10 Å². The number of carbonyl (C=O) groups is 3. The molecule has 0 atom stereocenters. The smallest absolute Gasteiger partial charge is 0.361 e. The molecule has 0 aliphatic rings. The molecule has 0 bridgehead atoms. The maximum Gasteiger partial charge on any atom is 0.361 e. The molecule has 1 heterocycles. The van der Waals surface area contributed by atoms with Crippen molar-refractivity contribution in [2.75, 3.05) is 13.7 Å². The molecular weight excluding hydrogens is 302 g/mol. The number of imide groups is 1. The lowest BCUT2D eigenvalue weighted by Crippen LogP contribution is -2.39. The van der Waals surface area contributed by atoms with Crippen molar-refractivity contribution in [2.45, 2.75) is 6.92 Å². The highest BCUT2D eigenvalue weighted by Gasteiger charge is 2.19. The van der Waals surface area contributed by atoms with E-state index in [1.54, 1.807) is 19.1 Å². The van der Waals surface area contributed by atoms with Crippen LogP contribution >= 0.6 is 0 Å². The zero-order chi connectivity index (χ0) is 16.8. The van der Waals surface area contributed by atoms with E-state index in [-0.39, 0.29) is 5.69 Å². The highest BCUT2D eigenvalue weighted by Crippen LogP contribution is 2.09. The van der Waals surface area contributed by atoms with Gasteiger partial charge in [-0.2, -0.15) is 9.90 Å². The number of rotatable bonds is 4. The number of aryl methyl sites for hydroxylation is 1. The molecule has 0 fully saturated rings. The van der Waals surface area contributed by atoms with Crippen molar-refractivity contribution >= 4 is 17.9 Å². The van der Waals surface area contributed by atoms with Crippen molar-refractivity contribution in [3.63, 3.8) is 0 Å². The van der Waals surface area contributed by atoms with Crippen LogP contribution in [-0.4, -0.2) is 46.6 Å². The molecule has 0 aliphatic carbocycles. The van der Waals surface area contributed by atoms with Gasteiger partial charge in [0.05, 0.1) is 11.4 Å². The fourth-order valence-corrected chi connectivity index (χ4v) is 1.67. The number of aromatic nitrogens is 3. The molecule has 120 valence electrons. The highest BCUT2D eigenvalue weighted by molar-refractivity contribution is 5.96. The van der Waals surface area contributed by atoms with E-state index in [1.165, 1.54) is 11.8 Å². The van der Waals surface area contributed by atoms with Gasteiger partial charge in [-0.25, -0.2) is 9.59 Å². The van der Waals surface area contributed by atoms with Crippen molar-refractivity contribution in [1.29, 1.82) is 0 Å². The molecule has 1 aromatic heterocycles. The van der Waals surface area contributed by atoms with E-state index in [4.69, 9.17) is 4.74 Å². The van der Waals surface area contributed by atoms with Crippen LogP contribution in [0.5, 0.6) is 0 Å². The molecule has 0 spiro atoms. The average molecular weight is 317 g/mol. The van der Waals surface area contributed by atoms with Crippen LogP contribution in [-0.2, 0) is 9.53 Å². The van der Waals surface area contributed by atoms with Crippen LogP contribution in [0.25, 0.3) is 5.69 Å². The predicted octanol–water partition coefficient (Wildman–Crippen LogP) is 0.188. The van der Waals surface area contributed by atoms with Crippen LogP contribution < -0.4 is 10.6 Å². The van der Waals surface area contributed by atoms with Gasteiger partial charge in [-0.05, 0) is 19.1 Å². The molecule has 0 saturated carbocycles. The van der Waals surface area contributed by atoms with Crippen molar-refractivity contribution in [1.82, 2.24) is 25.6 Å².